The Morgan fingerprint density at radius 3 is 1.22 bits per heavy atom. The highest BCUT2D eigenvalue weighted by Crippen LogP contribution is 2.15. The van der Waals surface area contributed by atoms with Crippen LogP contribution >= 0.6 is 0 Å². The summed E-state index contributed by atoms with van der Waals surface area (Å²) in [5.41, 5.74) is 6.33. The molecule has 0 fully saturated rings. The van der Waals surface area contributed by atoms with E-state index in [9.17, 15) is 0 Å². The first-order valence-electron chi connectivity index (χ1n) is 15.1. The molecule has 0 heterocycles. The molecule has 1 unspecified atom stereocenters. The predicted molar refractivity (Wildman–Crippen MR) is 148 cm³/mol. The van der Waals surface area contributed by atoms with Gasteiger partial charge in [-0.05, 0) is 44.4 Å². The topological polar surface area (TPSA) is 26.0 Å². The maximum Gasteiger partial charge on any atom is 0.00388 e. The van der Waals surface area contributed by atoms with Gasteiger partial charge in [-0.2, -0.15) is 0 Å². The lowest BCUT2D eigenvalue weighted by Gasteiger charge is -2.11. The van der Waals surface area contributed by atoms with Crippen LogP contribution in [0, 0.1) is 5.92 Å². The summed E-state index contributed by atoms with van der Waals surface area (Å²) in [5.74, 6) is 0.875. The first kappa shape index (κ1) is 31.7. The van der Waals surface area contributed by atoms with Crippen molar-refractivity contribution in [3.63, 3.8) is 0 Å². The summed E-state index contributed by atoms with van der Waals surface area (Å²) in [6.45, 7) is 6.96. The molecule has 1 nitrogen and oxygen atoms in total. The van der Waals surface area contributed by atoms with Gasteiger partial charge in [0.1, 0.15) is 0 Å². The van der Waals surface area contributed by atoms with Gasteiger partial charge in [0.05, 0.1) is 0 Å². The van der Waals surface area contributed by atoms with Crippen LogP contribution in [-0.4, -0.2) is 6.04 Å². The average molecular weight is 450 g/mol. The first-order valence-corrected chi connectivity index (χ1v) is 15.1. The second-order valence-corrected chi connectivity index (χ2v) is 10.9. The number of rotatable bonds is 26. The minimum atomic E-state index is 0.457. The van der Waals surface area contributed by atoms with E-state index in [2.05, 4.69) is 32.9 Å². The van der Waals surface area contributed by atoms with Gasteiger partial charge in [-0.15, -0.1) is 0 Å². The molecule has 0 rings (SSSR count). The number of unbranched alkanes of at least 4 members (excludes halogenated alkanes) is 18. The molecular weight excluding hydrogens is 386 g/mol. The Bertz CT molecular complexity index is 359. The van der Waals surface area contributed by atoms with E-state index in [0.717, 1.165) is 5.92 Å². The predicted octanol–water partition coefficient (Wildman–Crippen LogP) is 10.9. The zero-order valence-electron chi connectivity index (χ0n) is 22.9. The smallest absolute Gasteiger partial charge is 0.00388 e. The Hall–Kier alpha value is -0.300. The summed E-state index contributed by atoms with van der Waals surface area (Å²) in [7, 11) is 0. The van der Waals surface area contributed by atoms with Crippen LogP contribution < -0.4 is 5.73 Å². The molecule has 0 aromatic rings. The molecule has 0 saturated heterocycles. The van der Waals surface area contributed by atoms with Gasteiger partial charge in [0.25, 0.3) is 0 Å². The standard InChI is InChI=1S/C31H63N/c1-4-5-6-7-8-9-10-11-12-13-14-15-16-17-18-22-25-28-31(32)29-26-23-20-19-21-24-27-30(2)3/h11-12,30-31H,4-10,13-29,32H2,1-3H3. The van der Waals surface area contributed by atoms with Crippen molar-refractivity contribution < 1.29 is 0 Å². The molecule has 0 spiro atoms. The van der Waals surface area contributed by atoms with Crippen molar-refractivity contribution >= 4 is 0 Å². The van der Waals surface area contributed by atoms with Crippen molar-refractivity contribution in [2.24, 2.45) is 11.7 Å². The fraction of sp³-hybridized carbons (Fsp3) is 0.935. The van der Waals surface area contributed by atoms with Crippen LogP contribution in [0.15, 0.2) is 12.2 Å². The molecule has 32 heavy (non-hydrogen) atoms. The van der Waals surface area contributed by atoms with Crippen molar-refractivity contribution in [2.75, 3.05) is 0 Å². The minimum absolute atomic E-state index is 0.457. The number of hydrogen-bond donors (Lipinski definition) is 1. The number of nitrogens with two attached hydrogens (primary N) is 1. The molecule has 0 bridgehead atoms. The Morgan fingerprint density at radius 1 is 0.469 bits per heavy atom. The lowest BCUT2D eigenvalue weighted by molar-refractivity contribution is 0.474. The van der Waals surface area contributed by atoms with Gasteiger partial charge in [0.2, 0.25) is 0 Å². The van der Waals surface area contributed by atoms with Crippen molar-refractivity contribution in [3.8, 4) is 0 Å². The molecule has 2 N–H and O–H groups in total. The molecule has 0 saturated carbocycles. The monoisotopic (exact) mass is 449 g/mol. The molecule has 192 valence electrons. The maximum absolute atomic E-state index is 6.33. The van der Waals surface area contributed by atoms with Gasteiger partial charge in [-0.1, -0.05) is 148 Å². The average Bonchev–Trinajstić information content (AvgIpc) is 2.77. The molecule has 0 aliphatic heterocycles. The molecule has 0 radical (unpaired) electrons. The molecule has 1 atom stereocenters. The van der Waals surface area contributed by atoms with Gasteiger partial charge in [-0.25, -0.2) is 0 Å². The molecule has 0 aromatic heterocycles. The summed E-state index contributed by atoms with van der Waals surface area (Å²) >= 11 is 0. The van der Waals surface area contributed by atoms with E-state index in [-0.39, 0.29) is 0 Å². The summed E-state index contributed by atoms with van der Waals surface area (Å²) < 4.78 is 0. The number of allylic oxidation sites excluding steroid dienone is 2. The third-order valence-corrected chi connectivity index (χ3v) is 6.94. The van der Waals surface area contributed by atoms with E-state index in [1.54, 1.807) is 0 Å². The Labute approximate surface area is 204 Å². The zero-order chi connectivity index (χ0) is 23.5. The number of hydrogen-bond acceptors (Lipinski definition) is 1. The van der Waals surface area contributed by atoms with Crippen LogP contribution in [0.1, 0.15) is 175 Å². The fourth-order valence-corrected chi connectivity index (χ4v) is 4.64. The van der Waals surface area contributed by atoms with Crippen LogP contribution in [0.2, 0.25) is 0 Å². The van der Waals surface area contributed by atoms with Crippen LogP contribution in [0.4, 0.5) is 0 Å². The lowest BCUT2D eigenvalue weighted by atomic mass is 10.00. The highest BCUT2D eigenvalue weighted by Gasteiger charge is 2.02. The van der Waals surface area contributed by atoms with Crippen LogP contribution in [-0.2, 0) is 0 Å². The Balaban J connectivity index is 3.19. The Kier molecular flexibility index (Phi) is 26.7. The second kappa shape index (κ2) is 26.9. The molecule has 0 aliphatic carbocycles. The highest BCUT2D eigenvalue weighted by molar-refractivity contribution is 4.81. The van der Waals surface area contributed by atoms with Crippen LogP contribution in [0.5, 0.6) is 0 Å². The van der Waals surface area contributed by atoms with Crippen LogP contribution in [0.25, 0.3) is 0 Å². The van der Waals surface area contributed by atoms with Crippen molar-refractivity contribution in [1.29, 1.82) is 0 Å². The van der Waals surface area contributed by atoms with Gasteiger partial charge in [-0.3, -0.25) is 0 Å². The van der Waals surface area contributed by atoms with Gasteiger partial charge in [0.15, 0.2) is 0 Å². The molecule has 1 heteroatoms. The molecule has 0 amide bonds. The zero-order valence-corrected chi connectivity index (χ0v) is 22.9. The van der Waals surface area contributed by atoms with Crippen molar-refractivity contribution in [1.82, 2.24) is 0 Å². The largest absolute Gasteiger partial charge is 0.328 e. The molecular formula is C31H63N. The molecule has 0 aliphatic rings. The minimum Gasteiger partial charge on any atom is -0.328 e. The maximum atomic E-state index is 6.33. The van der Waals surface area contributed by atoms with E-state index < -0.39 is 0 Å². The first-order chi connectivity index (χ1) is 15.7. The van der Waals surface area contributed by atoms with Gasteiger partial charge >= 0.3 is 0 Å². The normalized spacial score (nSPS) is 12.9. The summed E-state index contributed by atoms with van der Waals surface area (Å²) in [5, 5.41) is 0. The van der Waals surface area contributed by atoms with E-state index in [1.165, 1.54) is 154 Å². The highest BCUT2D eigenvalue weighted by atomic mass is 14.6. The summed E-state index contributed by atoms with van der Waals surface area (Å²) in [4.78, 5) is 0. The fourth-order valence-electron chi connectivity index (χ4n) is 4.64. The third-order valence-electron chi connectivity index (χ3n) is 6.94. The lowest BCUT2D eigenvalue weighted by Crippen LogP contribution is -2.19. The van der Waals surface area contributed by atoms with Gasteiger partial charge in [0, 0.05) is 6.04 Å². The van der Waals surface area contributed by atoms with E-state index in [0.29, 0.717) is 6.04 Å². The van der Waals surface area contributed by atoms with Crippen molar-refractivity contribution in [2.45, 2.75) is 181 Å². The second-order valence-electron chi connectivity index (χ2n) is 10.9. The van der Waals surface area contributed by atoms with Crippen molar-refractivity contribution in [3.05, 3.63) is 12.2 Å². The summed E-state index contributed by atoms with van der Waals surface area (Å²) in [6.07, 6.45) is 38.0. The molecule has 0 aromatic carbocycles. The van der Waals surface area contributed by atoms with E-state index >= 15 is 0 Å². The quantitative estimate of drug-likeness (QED) is 0.103. The summed E-state index contributed by atoms with van der Waals surface area (Å²) in [6, 6.07) is 0.457. The Morgan fingerprint density at radius 2 is 0.812 bits per heavy atom. The van der Waals surface area contributed by atoms with E-state index in [4.69, 9.17) is 5.73 Å². The van der Waals surface area contributed by atoms with Crippen LogP contribution in [0.3, 0.4) is 0 Å². The van der Waals surface area contributed by atoms with E-state index in [1.807, 2.05) is 0 Å². The third kappa shape index (κ3) is 27.7. The SMILES string of the molecule is CCCCCCCCC=CCCCCCCCCCC(N)CCCCCCCCC(C)C. The van der Waals surface area contributed by atoms with Gasteiger partial charge < -0.3 is 5.73 Å².